The number of ether oxygens (including phenoxy) is 1. The van der Waals surface area contributed by atoms with Crippen LogP contribution in [-0.2, 0) is 9.59 Å². The zero-order valence-corrected chi connectivity index (χ0v) is 12.8. The Morgan fingerprint density at radius 1 is 1.25 bits per heavy atom. The van der Waals surface area contributed by atoms with E-state index in [1.54, 1.807) is 12.1 Å². The number of carbonyl (C=O) groups excluding carboxylic acids is 2. The molecule has 5 nitrogen and oxygen atoms in total. The van der Waals surface area contributed by atoms with Crippen molar-refractivity contribution in [3.63, 3.8) is 0 Å². The second kappa shape index (κ2) is 6.27. The molecule has 2 aromatic rings. The molecule has 0 saturated heterocycles. The van der Waals surface area contributed by atoms with Crippen LogP contribution in [0.15, 0.2) is 36.4 Å². The van der Waals surface area contributed by atoms with Gasteiger partial charge in [-0.2, -0.15) is 0 Å². The molecule has 0 saturated carbocycles. The second-order valence-electron chi connectivity index (χ2n) is 5.47. The Morgan fingerprint density at radius 2 is 2.04 bits per heavy atom. The Kier molecular flexibility index (Phi) is 4.16. The lowest BCUT2D eigenvalue weighted by atomic mass is 10.1. The van der Waals surface area contributed by atoms with Gasteiger partial charge in [-0.15, -0.1) is 0 Å². The van der Waals surface area contributed by atoms with Crippen LogP contribution in [0.1, 0.15) is 5.56 Å². The van der Waals surface area contributed by atoms with Gasteiger partial charge in [-0.1, -0.05) is 6.07 Å². The number of hydrogen-bond acceptors (Lipinski definition) is 4. The molecule has 124 valence electrons. The van der Waals surface area contributed by atoms with Gasteiger partial charge < -0.3 is 15.0 Å². The quantitative estimate of drug-likeness (QED) is 0.693. The van der Waals surface area contributed by atoms with Gasteiger partial charge in [0.2, 0.25) is 5.91 Å². The average molecular weight is 332 g/mol. The van der Waals surface area contributed by atoms with E-state index in [1.165, 1.54) is 4.90 Å². The van der Waals surface area contributed by atoms with Gasteiger partial charge in [0, 0.05) is 6.07 Å². The topological polar surface area (TPSA) is 58.6 Å². The van der Waals surface area contributed by atoms with Gasteiger partial charge in [-0.25, -0.2) is 13.6 Å². The van der Waals surface area contributed by atoms with E-state index in [2.05, 4.69) is 5.32 Å². The lowest BCUT2D eigenvalue weighted by Gasteiger charge is -2.29. The molecule has 1 amide bonds. The zero-order chi connectivity index (χ0) is 17.3. The van der Waals surface area contributed by atoms with Crippen LogP contribution < -0.4 is 15.0 Å². The number of nitrogens with zero attached hydrogens (tertiary/aromatic N) is 1. The van der Waals surface area contributed by atoms with Gasteiger partial charge in [0.1, 0.15) is 18.2 Å². The molecular formula is C17H14F2N2O3. The maximum Gasteiger partial charge on any atom is 0.331 e. The predicted molar refractivity (Wildman–Crippen MR) is 84.0 cm³/mol. The monoisotopic (exact) mass is 332 g/mol. The van der Waals surface area contributed by atoms with Crippen LogP contribution in [-0.4, -0.2) is 25.0 Å². The number of anilines is 2. The van der Waals surface area contributed by atoms with Gasteiger partial charge in [-0.05, 0) is 36.8 Å². The number of amides is 1. The molecule has 0 radical (unpaired) electrons. The average Bonchev–Trinajstić information content (AvgIpc) is 2.49. The minimum absolute atomic E-state index is 0.0879. The van der Waals surface area contributed by atoms with Gasteiger partial charge in [-0.3, -0.25) is 4.79 Å². The fourth-order valence-electron chi connectivity index (χ4n) is 2.46. The summed E-state index contributed by atoms with van der Waals surface area (Å²) in [7, 11) is 0. The number of aryl methyl sites for hydroxylation is 1. The summed E-state index contributed by atoms with van der Waals surface area (Å²) in [6, 6.07) is 8.17. The predicted octanol–water partition coefficient (Wildman–Crippen LogP) is 2.64. The molecule has 24 heavy (non-hydrogen) atoms. The summed E-state index contributed by atoms with van der Waals surface area (Å²) < 4.78 is 31.6. The van der Waals surface area contributed by atoms with E-state index in [0.717, 1.165) is 17.7 Å². The third kappa shape index (κ3) is 3.34. The first-order valence-corrected chi connectivity index (χ1v) is 7.23. The van der Waals surface area contributed by atoms with Crippen molar-refractivity contribution in [2.75, 3.05) is 23.3 Å². The highest BCUT2D eigenvalue weighted by atomic mass is 19.1. The summed E-state index contributed by atoms with van der Waals surface area (Å²) in [5.41, 5.74) is 1.40. The molecule has 3 rings (SSSR count). The Bertz CT molecular complexity index is 823. The number of fused-ring (bicyclic) bond motifs is 1. The number of nitrogens with one attached hydrogen (secondary N) is 1. The number of benzene rings is 2. The second-order valence-corrected chi connectivity index (χ2v) is 5.47. The molecule has 1 heterocycles. The minimum atomic E-state index is -0.863. The Morgan fingerprint density at radius 3 is 2.79 bits per heavy atom. The van der Waals surface area contributed by atoms with E-state index in [-0.39, 0.29) is 18.8 Å². The van der Waals surface area contributed by atoms with Crippen LogP contribution in [0.25, 0.3) is 0 Å². The Hall–Kier alpha value is -2.96. The minimum Gasteiger partial charge on any atom is -0.423 e. The number of rotatable bonds is 3. The molecule has 0 bridgehead atoms. The maximum absolute atomic E-state index is 13.6. The van der Waals surface area contributed by atoms with E-state index in [1.807, 2.05) is 13.0 Å². The third-order valence-corrected chi connectivity index (χ3v) is 3.54. The molecule has 0 aromatic heterocycles. The van der Waals surface area contributed by atoms with Gasteiger partial charge in [0.05, 0.1) is 17.9 Å². The SMILES string of the molecule is Cc1ccc2c(c1)OC(=O)CN2CC(=O)Nc1ccc(F)cc1F. The maximum atomic E-state index is 13.6. The largest absolute Gasteiger partial charge is 0.423 e. The summed E-state index contributed by atoms with van der Waals surface area (Å²) in [6.07, 6.45) is 0. The van der Waals surface area contributed by atoms with Crippen LogP contribution >= 0.6 is 0 Å². The number of esters is 1. The fourth-order valence-corrected chi connectivity index (χ4v) is 2.46. The standard InChI is InChI=1S/C17H14F2N2O3/c1-10-2-5-14-15(6-10)24-17(23)9-21(14)8-16(22)20-13-4-3-11(18)7-12(13)19/h2-7H,8-9H2,1H3,(H,20,22). The van der Waals surface area contributed by atoms with Gasteiger partial charge >= 0.3 is 5.97 Å². The molecule has 7 heteroatoms. The van der Waals surface area contributed by atoms with Crippen LogP contribution in [0.3, 0.4) is 0 Å². The van der Waals surface area contributed by atoms with E-state index in [4.69, 9.17) is 4.74 Å². The molecule has 1 N–H and O–H groups in total. The van der Waals surface area contributed by atoms with E-state index in [9.17, 15) is 18.4 Å². The molecule has 0 unspecified atom stereocenters. The molecule has 0 aliphatic carbocycles. The first-order valence-electron chi connectivity index (χ1n) is 7.23. The van der Waals surface area contributed by atoms with Gasteiger partial charge in [0.15, 0.2) is 5.75 Å². The van der Waals surface area contributed by atoms with Crippen molar-refractivity contribution < 1.29 is 23.1 Å². The summed E-state index contributed by atoms with van der Waals surface area (Å²) in [5, 5.41) is 2.37. The normalized spacial score (nSPS) is 13.3. The summed E-state index contributed by atoms with van der Waals surface area (Å²) in [4.78, 5) is 25.4. The Labute approximate surface area is 136 Å². The summed E-state index contributed by atoms with van der Waals surface area (Å²) in [6.45, 7) is 1.61. The highest BCUT2D eigenvalue weighted by Crippen LogP contribution is 2.32. The number of carbonyl (C=O) groups is 2. The smallest absolute Gasteiger partial charge is 0.331 e. The summed E-state index contributed by atoms with van der Waals surface area (Å²) in [5.74, 6) is -2.21. The summed E-state index contributed by atoms with van der Waals surface area (Å²) >= 11 is 0. The Balaban J connectivity index is 1.76. The number of halogens is 2. The van der Waals surface area contributed by atoms with Crippen molar-refractivity contribution in [3.05, 3.63) is 53.6 Å². The third-order valence-electron chi connectivity index (χ3n) is 3.54. The fraction of sp³-hybridized carbons (Fsp3) is 0.176. The van der Waals surface area contributed by atoms with E-state index in [0.29, 0.717) is 17.5 Å². The lowest BCUT2D eigenvalue weighted by molar-refractivity contribution is -0.133. The first kappa shape index (κ1) is 15.9. The molecule has 2 aromatic carbocycles. The van der Waals surface area contributed by atoms with Crippen molar-refractivity contribution in [1.82, 2.24) is 0 Å². The highest BCUT2D eigenvalue weighted by Gasteiger charge is 2.25. The molecule has 0 atom stereocenters. The van der Waals surface area contributed by atoms with Crippen LogP contribution in [0.2, 0.25) is 0 Å². The van der Waals surface area contributed by atoms with Crippen LogP contribution in [0.5, 0.6) is 5.75 Å². The van der Waals surface area contributed by atoms with Crippen molar-refractivity contribution >= 4 is 23.3 Å². The van der Waals surface area contributed by atoms with Crippen LogP contribution in [0.4, 0.5) is 20.2 Å². The van der Waals surface area contributed by atoms with Crippen molar-refractivity contribution in [1.29, 1.82) is 0 Å². The van der Waals surface area contributed by atoms with Crippen molar-refractivity contribution in [2.45, 2.75) is 6.92 Å². The molecular weight excluding hydrogens is 318 g/mol. The van der Waals surface area contributed by atoms with Crippen LogP contribution in [0, 0.1) is 18.6 Å². The number of hydrogen-bond donors (Lipinski definition) is 1. The van der Waals surface area contributed by atoms with E-state index >= 15 is 0 Å². The molecule has 1 aliphatic rings. The first-order chi connectivity index (χ1) is 11.4. The highest BCUT2D eigenvalue weighted by molar-refractivity contribution is 5.96. The van der Waals surface area contributed by atoms with Crippen molar-refractivity contribution in [3.8, 4) is 5.75 Å². The molecule has 0 spiro atoms. The van der Waals surface area contributed by atoms with E-state index < -0.39 is 23.5 Å². The lowest BCUT2D eigenvalue weighted by Crippen LogP contribution is -2.41. The molecule has 1 aliphatic heterocycles. The van der Waals surface area contributed by atoms with Gasteiger partial charge in [0.25, 0.3) is 0 Å². The zero-order valence-electron chi connectivity index (χ0n) is 12.8. The molecule has 0 fully saturated rings. The van der Waals surface area contributed by atoms with Crippen molar-refractivity contribution in [2.24, 2.45) is 0 Å².